The molecule has 0 saturated heterocycles. The summed E-state index contributed by atoms with van der Waals surface area (Å²) in [7, 11) is 0. The predicted octanol–water partition coefficient (Wildman–Crippen LogP) is 2.21. The average Bonchev–Trinajstić information content (AvgIpc) is 3.17. The monoisotopic (exact) mass is 256 g/mol. The second-order valence-electron chi connectivity index (χ2n) is 5.02. The van der Waals surface area contributed by atoms with Gasteiger partial charge in [0.05, 0.1) is 0 Å². The van der Waals surface area contributed by atoms with Crippen molar-refractivity contribution < 1.29 is 14.7 Å². The maximum atomic E-state index is 12.2. The maximum absolute atomic E-state index is 12.2. The molecule has 0 aromatic carbocycles. The SMILES string of the molecule is CCC(CC)(CC)NC(=O)N(CC(=O)O)C1CC1. The Hall–Kier alpha value is -1.26. The molecule has 0 aliphatic heterocycles. The second-order valence-corrected chi connectivity index (χ2v) is 5.02. The number of amides is 2. The highest BCUT2D eigenvalue weighted by molar-refractivity contribution is 5.81. The van der Waals surface area contributed by atoms with Crippen LogP contribution in [0.1, 0.15) is 52.9 Å². The number of rotatable bonds is 7. The van der Waals surface area contributed by atoms with Gasteiger partial charge < -0.3 is 15.3 Å². The third-order valence-electron chi connectivity index (χ3n) is 3.96. The molecule has 0 aromatic heterocycles. The molecular formula is C13H24N2O3. The highest BCUT2D eigenvalue weighted by Crippen LogP contribution is 2.28. The molecule has 18 heavy (non-hydrogen) atoms. The molecule has 0 bridgehead atoms. The van der Waals surface area contributed by atoms with Gasteiger partial charge in [-0.05, 0) is 32.1 Å². The van der Waals surface area contributed by atoms with E-state index in [1.165, 1.54) is 4.90 Å². The summed E-state index contributed by atoms with van der Waals surface area (Å²) in [6, 6.07) is -0.116. The van der Waals surface area contributed by atoms with Crippen molar-refractivity contribution in [3.8, 4) is 0 Å². The molecule has 0 heterocycles. The van der Waals surface area contributed by atoms with E-state index in [1.54, 1.807) is 0 Å². The van der Waals surface area contributed by atoms with E-state index in [2.05, 4.69) is 5.32 Å². The number of carboxylic acid groups (broad SMARTS) is 1. The molecule has 2 N–H and O–H groups in total. The van der Waals surface area contributed by atoms with Crippen LogP contribution in [0.25, 0.3) is 0 Å². The molecular weight excluding hydrogens is 232 g/mol. The lowest BCUT2D eigenvalue weighted by Crippen LogP contribution is -2.54. The van der Waals surface area contributed by atoms with E-state index < -0.39 is 5.97 Å². The van der Waals surface area contributed by atoms with Crippen LogP contribution in [0.4, 0.5) is 4.79 Å². The summed E-state index contributed by atoms with van der Waals surface area (Å²) in [5, 5.41) is 11.9. The van der Waals surface area contributed by atoms with Crippen molar-refractivity contribution in [2.75, 3.05) is 6.54 Å². The zero-order valence-electron chi connectivity index (χ0n) is 11.5. The van der Waals surface area contributed by atoms with Crippen LogP contribution in [-0.2, 0) is 4.79 Å². The summed E-state index contributed by atoms with van der Waals surface area (Å²) in [4.78, 5) is 24.5. The summed E-state index contributed by atoms with van der Waals surface area (Å²) in [5.41, 5.74) is -0.206. The van der Waals surface area contributed by atoms with Crippen molar-refractivity contribution in [2.45, 2.75) is 64.5 Å². The Kier molecular flexibility index (Phi) is 4.99. The van der Waals surface area contributed by atoms with Gasteiger partial charge in [-0.1, -0.05) is 20.8 Å². The molecule has 104 valence electrons. The Morgan fingerprint density at radius 2 is 1.72 bits per heavy atom. The van der Waals surface area contributed by atoms with Gasteiger partial charge in [0, 0.05) is 11.6 Å². The van der Waals surface area contributed by atoms with E-state index in [4.69, 9.17) is 5.11 Å². The fourth-order valence-electron chi connectivity index (χ4n) is 2.21. The highest BCUT2D eigenvalue weighted by Gasteiger charge is 2.36. The molecule has 0 spiro atoms. The Morgan fingerprint density at radius 1 is 1.22 bits per heavy atom. The normalized spacial score (nSPS) is 15.3. The Balaban J connectivity index is 2.68. The van der Waals surface area contributed by atoms with Gasteiger partial charge in [0.25, 0.3) is 0 Å². The lowest BCUT2D eigenvalue weighted by atomic mass is 9.90. The molecule has 0 atom stereocenters. The first kappa shape index (κ1) is 14.8. The Labute approximate surface area is 109 Å². The van der Waals surface area contributed by atoms with Crippen LogP contribution >= 0.6 is 0 Å². The van der Waals surface area contributed by atoms with Gasteiger partial charge in [-0.3, -0.25) is 4.79 Å². The van der Waals surface area contributed by atoms with E-state index in [1.807, 2.05) is 20.8 Å². The molecule has 2 amide bonds. The molecule has 0 radical (unpaired) electrons. The van der Waals surface area contributed by atoms with Crippen LogP contribution in [0.3, 0.4) is 0 Å². The van der Waals surface area contributed by atoms with E-state index in [-0.39, 0.29) is 24.2 Å². The molecule has 0 aromatic rings. The number of hydrogen-bond donors (Lipinski definition) is 2. The number of aliphatic carboxylic acids is 1. The van der Waals surface area contributed by atoms with Crippen molar-refractivity contribution >= 4 is 12.0 Å². The summed E-state index contributed by atoms with van der Waals surface area (Å²) in [6.07, 6.45) is 4.40. The number of carbonyl (C=O) groups excluding carboxylic acids is 1. The number of nitrogens with zero attached hydrogens (tertiary/aromatic N) is 1. The number of nitrogens with one attached hydrogen (secondary N) is 1. The van der Waals surface area contributed by atoms with Crippen LogP contribution in [0, 0.1) is 0 Å². The molecule has 1 rings (SSSR count). The van der Waals surface area contributed by atoms with Crippen molar-refractivity contribution in [1.82, 2.24) is 10.2 Å². The number of carbonyl (C=O) groups is 2. The number of carboxylic acids is 1. The predicted molar refractivity (Wildman–Crippen MR) is 69.5 cm³/mol. The lowest BCUT2D eigenvalue weighted by Gasteiger charge is -2.34. The number of urea groups is 1. The number of hydrogen-bond acceptors (Lipinski definition) is 2. The fraction of sp³-hybridized carbons (Fsp3) is 0.846. The van der Waals surface area contributed by atoms with Gasteiger partial charge in [0.2, 0.25) is 0 Å². The van der Waals surface area contributed by atoms with Gasteiger partial charge in [-0.2, -0.15) is 0 Å². The van der Waals surface area contributed by atoms with Crippen molar-refractivity contribution in [1.29, 1.82) is 0 Å². The van der Waals surface area contributed by atoms with E-state index in [9.17, 15) is 9.59 Å². The maximum Gasteiger partial charge on any atom is 0.323 e. The van der Waals surface area contributed by atoms with Gasteiger partial charge in [0.15, 0.2) is 0 Å². The minimum absolute atomic E-state index is 0.115. The highest BCUT2D eigenvalue weighted by atomic mass is 16.4. The van der Waals surface area contributed by atoms with Gasteiger partial charge >= 0.3 is 12.0 Å². The van der Waals surface area contributed by atoms with Gasteiger partial charge in [0.1, 0.15) is 6.54 Å². The lowest BCUT2D eigenvalue weighted by molar-refractivity contribution is -0.137. The first-order valence-corrected chi connectivity index (χ1v) is 6.78. The molecule has 1 fully saturated rings. The van der Waals surface area contributed by atoms with Crippen LogP contribution < -0.4 is 5.32 Å². The second kappa shape index (κ2) is 6.07. The minimum Gasteiger partial charge on any atom is -0.480 e. The quantitative estimate of drug-likeness (QED) is 0.733. The minimum atomic E-state index is -0.952. The molecule has 1 aliphatic rings. The molecule has 0 unspecified atom stereocenters. The van der Waals surface area contributed by atoms with Crippen molar-refractivity contribution in [3.63, 3.8) is 0 Å². The topological polar surface area (TPSA) is 69.6 Å². The van der Waals surface area contributed by atoms with E-state index >= 15 is 0 Å². The smallest absolute Gasteiger partial charge is 0.323 e. The molecule has 1 saturated carbocycles. The van der Waals surface area contributed by atoms with Crippen molar-refractivity contribution in [2.24, 2.45) is 0 Å². The van der Waals surface area contributed by atoms with Crippen LogP contribution in [0.5, 0.6) is 0 Å². The largest absolute Gasteiger partial charge is 0.480 e. The molecule has 1 aliphatic carbocycles. The third-order valence-corrected chi connectivity index (χ3v) is 3.96. The summed E-state index contributed by atoms with van der Waals surface area (Å²) >= 11 is 0. The van der Waals surface area contributed by atoms with Crippen LogP contribution in [0.15, 0.2) is 0 Å². The third kappa shape index (κ3) is 3.62. The Bertz CT molecular complexity index is 301. The van der Waals surface area contributed by atoms with E-state index in [0.29, 0.717) is 0 Å². The first-order valence-electron chi connectivity index (χ1n) is 6.78. The van der Waals surface area contributed by atoms with Crippen LogP contribution in [-0.4, -0.2) is 40.1 Å². The van der Waals surface area contributed by atoms with Gasteiger partial charge in [-0.25, -0.2) is 4.79 Å². The molecule has 5 nitrogen and oxygen atoms in total. The molecule has 5 heteroatoms. The zero-order chi connectivity index (χ0) is 13.8. The summed E-state index contributed by atoms with van der Waals surface area (Å²) in [6.45, 7) is 5.94. The first-order chi connectivity index (χ1) is 8.48. The zero-order valence-corrected chi connectivity index (χ0v) is 11.5. The van der Waals surface area contributed by atoms with Gasteiger partial charge in [-0.15, -0.1) is 0 Å². The van der Waals surface area contributed by atoms with Crippen LogP contribution in [0.2, 0.25) is 0 Å². The standard InChI is InChI=1S/C13H24N2O3/c1-4-13(5-2,6-3)14-12(18)15(9-11(16)17)10-7-8-10/h10H,4-9H2,1-3H3,(H,14,18)(H,16,17). The van der Waals surface area contributed by atoms with E-state index in [0.717, 1.165) is 32.1 Å². The summed E-state index contributed by atoms with van der Waals surface area (Å²) < 4.78 is 0. The Morgan fingerprint density at radius 3 is 2.06 bits per heavy atom. The summed E-state index contributed by atoms with van der Waals surface area (Å²) in [5.74, 6) is -0.952. The van der Waals surface area contributed by atoms with Crippen molar-refractivity contribution in [3.05, 3.63) is 0 Å². The average molecular weight is 256 g/mol. The fourth-order valence-corrected chi connectivity index (χ4v) is 2.21.